The van der Waals surface area contributed by atoms with Gasteiger partial charge < -0.3 is 13.8 Å². The second-order valence-electron chi connectivity index (χ2n) is 6.31. The molecule has 1 fully saturated rings. The summed E-state index contributed by atoms with van der Waals surface area (Å²) < 4.78 is 30.3. The molecule has 0 radical (unpaired) electrons. The van der Waals surface area contributed by atoms with Crippen molar-refractivity contribution in [2.45, 2.75) is 52.2 Å². The first-order valence-electron chi connectivity index (χ1n) is 6.83. The maximum absolute atomic E-state index is 14.2. The van der Waals surface area contributed by atoms with Gasteiger partial charge in [0.05, 0.1) is 16.9 Å². The minimum atomic E-state index is -0.931. The Hall–Kier alpha value is -1.14. The van der Waals surface area contributed by atoms with E-state index in [4.69, 9.17) is 13.8 Å². The van der Waals surface area contributed by atoms with Crippen molar-refractivity contribution < 1.29 is 18.2 Å². The molecule has 1 aromatic heterocycles. The summed E-state index contributed by atoms with van der Waals surface area (Å²) in [5, 5.41) is 3.82. The molecule has 0 amide bonds. The maximum Gasteiger partial charge on any atom is 0.524 e. The number of hydrogen-bond acceptors (Lipinski definition) is 4. The second kappa shape index (κ2) is 5.33. The summed E-state index contributed by atoms with van der Waals surface area (Å²) in [5.74, 6) is -0.0147. The molecule has 0 N–H and O–H groups in total. The number of hydrogen-bond donors (Lipinski definition) is 0. The Labute approximate surface area is 119 Å². The summed E-state index contributed by atoms with van der Waals surface area (Å²) in [6.45, 7) is 9.52. The van der Waals surface area contributed by atoms with Crippen molar-refractivity contribution in [2.24, 2.45) is 5.92 Å². The Morgan fingerprint density at radius 1 is 1.35 bits per heavy atom. The van der Waals surface area contributed by atoms with E-state index in [2.05, 4.69) is 5.16 Å². The van der Waals surface area contributed by atoms with Crippen LogP contribution in [-0.2, 0) is 15.7 Å². The monoisotopic (exact) mass is 281 g/mol. The van der Waals surface area contributed by atoms with E-state index in [1.165, 1.54) is 12.3 Å². The molecule has 1 atom stereocenters. The Kier molecular flexibility index (Phi) is 4.07. The van der Waals surface area contributed by atoms with Gasteiger partial charge in [-0.2, -0.15) is 0 Å². The van der Waals surface area contributed by atoms with Crippen LogP contribution >= 0.6 is 0 Å². The lowest BCUT2D eigenvalue weighted by atomic mass is 9.85. The molecule has 2 rings (SSSR count). The number of nitrogens with zero attached hydrogens (tertiary/aromatic N) is 1. The van der Waals surface area contributed by atoms with Crippen LogP contribution in [0.1, 0.15) is 40.3 Å². The molecule has 0 bridgehead atoms. The van der Waals surface area contributed by atoms with Gasteiger partial charge >= 0.3 is 7.12 Å². The highest BCUT2D eigenvalue weighted by Crippen LogP contribution is 2.38. The van der Waals surface area contributed by atoms with Crippen molar-refractivity contribution in [3.8, 4) is 0 Å². The zero-order chi connectivity index (χ0) is 15.0. The summed E-state index contributed by atoms with van der Waals surface area (Å²) in [5.41, 5.74) is -0.647. The van der Waals surface area contributed by atoms with E-state index in [0.717, 1.165) is 5.69 Å². The summed E-state index contributed by atoms with van der Waals surface area (Å²) in [6, 6.07) is 1.77. The van der Waals surface area contributed by atoms with Crippen molar-refractivity contribution in [1.29, 1.82) is 0 Å². The van der Waals surface area contributed by atoms with Crippen LogP contribution in [0.2, 0.25) is 0 Å². The third kappa shape index (κ3) is 3.12. The van der Waals surface area contributed by atoms with E-state index in [1.807, 2.05) is 34.6 Å². The molecule has 0 saturated carbocycles. The number of rotatable bonds is 4. The van der Waals surface area contributed by atoms with Crippen LogP contribution < -0.4 is 0 Å². The quantitative estimate of drug-likeness (QED) is 0.794. The fourth-order valence-corrected chi connectivity index (χ4v) is 2.04. The normalized spacial score (nSPS) is 23.1. The second-order valence-corrected chi connectivity index (χ2v) is 6.31. The number of allylic oxidation sites excluding steroid dienone is 1. The van der Waals surface area contributed by atoms with Crippen molar-refractivity contribution in [3.63, 3.8) is 0 Å². The lowest BCUT2D eigenvalue weighted by Crippen LogP contribution is -2.41. The summed E-state index contributed by atoms with van der Waals surface area (Å²) in [6.07, 6.45) is 3.65. The first-order valence-corrected chi connectivity index (χ1v) is 6.83. The zero-order valence-corrected chi connectivity index (χ0v) is 12.6. The largest absolute Gasteiger partial charge is 0.524 e. The topological polar surface area (TPSA) is 44.5 Å². The average molecular weight is 281 g/mol. The molecular weight excluding hydrogens is 260 g/mol. The SMILES string of the molecule is CC(C=C(F)B1OC(C)(C)C(C)(C)O1)Cc1ccon1. The highest BCUT2D eigenvalue weighted by molar-refractivity contribution is 6.53. The summed E-state index contributed by atoms with van der Waals surface area (Å²) >= 11 is 0. The first-order chi connectivity index (χ1) is 9.21. The van der Waals surface area contributed by atoms with Gasteiger partial charge in [-0.25, -0.2) is 4.39 Å². The molecule has 1 aromatic rings. The van der Waals surface area contributed by atoms with Crippen LogP contribution in [0.5, 0.6) is 0 Å². The average Bonchev–Trinajstić information content (AvgIpc) is 2.86. The molecular formula is C14H21BFNO3. The van der Waals surface area contributed by atoms with Crippen molar-refractivity contribution in [3.05, 3.63) is 29.8 Å². The van der Waals surface area contributed by atoms with Crippen LogP contribution in [0.15, 0.2) is 28.7 Å². The molecule has 2 heterocycles. The smallest absolute Gasteiger partial charge is 0.398 e. The van der Waals surface area contributed by atoms with Crippen LogP contribution in [0.3, 0.4) is 0 Å². The number of aromatic nitrogens is 1. The third-order valence-electron chi connectivity index (χ3n) is 3.94. The molecule has 1 saturated heterocycles. The molecule has 0 aliphatic carbocycles. The van der Waals surface area contributed by atoms with Gasteiger partial charge in [-0.15, -0.1) is 0 Å². The van der Waals surface area contributed by atoms with E-state index in [9.17, 15) is 4.39 Å². The fourth-order valence-electron chi connectivity index (χ4n) is 2.04. The van der Waals surface area contributed by atoms with Crippen molar-refractivity contribution in [1.82, 2.24) is 5.16 Å². The molecule has 0 spiro atoms. The zero-order valence-electron chi connectivity index (χ0n) is 12.6. The molecule has 1 aliphatic rings. The molecule has 110 valence electrons. The predicted molar refractivity (Wildman–Crippen MR) is 74.6 cm³/mol. The predicted octanol–water partition coefficient (Wildman–Crippen LogP) is 3.34. The first kappa shape index (κ1) is 15.3. The van der Waals surface area contributed by atoms with Crippen LogP contribution in [0.4, 0.5) is 4.39 Å². The molecule has 1 aliphatic heterocycles. The summed E-state index contributed by atoms with van der Waals surface area (Å²) in [7, 11) is -0.931. The van der Waals surface area contributed by atoms with Crippen LogP contribution in [-0.4, -0.2) is 23.5 Å². The van der Waals surface area contributed by atoms with E-state index >= 15 is 0 Å². The van der Waals surface area contributed by atoms with Gasteiger partial charge in [-0.3, -0.25) is 0 Å². The Balaban J connectivity index is 2.01. The minimum absolute atomic E-state index is 0.0147. The van der Waals surface area contributed by atoms with E-state index < -0.39 is 18.3 Å². The Morgan fingerprint density at radius 2 is 1.95 bits per heavy atom. The molecule has 4 nitrogen and oxygen atoms in total. The lowest BCUT2D eigenvalue weighted by Gasteiger charge is -2.32. The standard InChI is InChI=1S/C14H21BFNO3/c1-10(8-11-6-7-18-17-11)9-12(16)15-19-13(2,3)14(4,5)20-15/h6-7,9-10H,8H2,1-5H3. The van der Waals surface area contributed by atoms with Gasteiger partial charge in [0.15, 0.2) is 0 Å². The molecule has 0 aromatic carbocycles. The van der Waals surface area contributed by atoms with Gasteiger partial charge in [0.25, 0.3) is 0 Å². The van der Waals surface area contributed by atoms with E-state index in [1.54, 1.807) is 6.07 Å². The van der Waals surface area contributed by atoms with Gasteiger partial charge in [0, 0.05) is 6.07 Å². The highest BCUT2D eigenvalue weighted by Gasteiger charge is 2.53. The van der Waals surface area contributed by atoms with E-state index in [0.29, 0.717) is 6.42 Å². The van der Waals surface area contributed by atoms with Crippen molar-refractivity contribution in [2.75, 3.05) is 0 Å². The van der Waals surface area contributed by atoms with Crippen LogP contribution in [0, 0.1) is 5.92 Å². The Morgan fingerprint density at radius 3 is 2.45 bits per heavy atom. The van der Waals surface area contributed by atoms with Gasteiger partial charge in [0.2, 0.25) is 0 Å². The molecule has 6 heteroatoms. The van der Waals surface area contributed by atoms with Gasteiger partial charge in [-0.1, -0.05) is 18.2 Å². The minimum Gasteiger partial charge on any atom is -0.398 e. The Bertz CT molecular complexity index is 469. The fraction of sp³-hybridized carbons (Fsp3) is 0.643. The highest BCUT2D eigenvalue weighted by atomic mass is 19.1. The van der Waals surface area contributed by atoms with Gasteiger partial charge in [0.1, 0.15) is 12.0 Å². The third-order valence-corrected chi connectivity index (χ3v) is 3.94. The maximum atomic E-state index is 14.2. The molecule has 20 heavy (non-hydrogen) atoms. The van der Waals surface area contributed by atoms with Gasteiger partial charge in [-0.05, 0) is 40.0 Å². The number of halogens is 1. The lowest BCUT2D eigenvalue weighted by molar-refractivity contribution is 0.00578. The molecule has 1 unspecified atom stereocenters. The van der Waals surface area contributed by atoms with Crippen LogP contribution in [0.25, 0.3) is 0 Å². The van der Waals surface area contributed by atoms with Crippen molar-refractivity contribution >= 4 is 7.12 Å². The van der Waals surface area contributed by atoms with E-state index in [-0.39, 0.29) is 11.6 Å². The summed E-state index contributed by atoms with van der Waals surface area (Å²) in [4.78, 5) is 0.